The average Bonchev–Trinajstić information content (AvgIpc) is 3.26. The van der Waals surface area contributed by atoms with Gasteiger partial charge in [0, 0.05) is 29.3 Å². The molecular weight excluding hydrogens is 356 g/mol. The fourth-order valence-corrected chi connectivity index (χ4v) is 4.74. The van der Waals surface area contributed by atoms with Crippen molar-refractivity contribution in [1.29, 1.82) is 5.26 Å². The molecule has 2 N–H and O–H groups in total. The second-order valence-corrected chi connectivity index (χ2v) is 7.46. The van der Waals surface area contributed by atoms with Crippen LogP contribution in [0.25, 0.3) is 0 Å². The minimum Gasteiger partial charge on any atom is -0.478 e. The van der Waals surface area contributed by atoms with Gasteiger partial charge in [0.05, 0.1) is 5.56 Å². The molecule has 3 aliphatic rings. The van der Waals surface area contributed by atoms with Crippen LogP contribution in [0.1, 0.15) is 36.0 Å². The van der Waals surface area contributed by atoms with E-state index in [4.69, 9.17) is 15.5 Å². The van der Waals surface area contributed by atoms with Crippen LogP contribution in [0.2, 0.25) is 0 Å². The summed E-state index contributed by atoms with van der Waals surface area (Å²) in [6.45, 7) is 0. The first-order valence-corrected chi connectivity index (χ1v) is 9.38. The Bertz CT molecular complexity index is 965. The van der Waals surface area contributed by atoms with Crippen LogP contribution in [-0.4, -0.2) is 28.2 Å². The van der Waals surface area contributed by atoms with E-state index < -0.39 is 11.9 Å². The third-order valence-corrected chi connectivity index (χ3v) is 5.93. The summed E-state index contributed by atoms with van der Waals surface area (Å²) in [4.78, 5) is 24.6. The number of rotatable bonds is 4. The zero-order chi connectivity index (χ0) is 19.8. The number of nitriles is 1. The molecule has 0 aromatic heterocycles. The number of aliphatic carboxylic acids is 1. The van der Waals surface area contributed by atoms with Crippen LogP contribution in [-0.2, 0) is 4.79 Å². The SMILES string of the molecule is N#C/C(=C\C1C=CC2=C(C1)C1CCCC1N2c1ccc(C(=O)O)cc1)C(=O)O. The zero-order valence-corrected chi connectivity index (χ0v) is 15.2. The van der Waals surface area contributed by atoms with Gasteiger partial charge < -0.3 is 15.1 Å². The largest absolute Gasteiger partial charge is 0.478 e. The Morgan fingerprint density at radius 2 is 1.93 bits per heavy atom. The fourth-order valence-electron chi connectivity index (χ4n) is 4.74. The van der Waals surface area contributed by atoms with Crippen LogP contribution in [0.5, 0.6) is 0 Å². The summed E-state index contributed by atoms with van der Waals surface area (Å²) in [5.74, 6) is -1.81. The Balaban J connectivity index is 1.66. The van der Waals surface area contributed by atoms with Gasteiger partial charge in [0.1, 0.15) is 11.6 Å². The van der Waals surface area contributed by atoms with Crippen LogP contribution in [0.3, 0.4) is 0 Å². The number of aromatic carboxylic acids is 1. The molecule has 142 valence electrons. The summed E-state index contributed by atoms with van der Waals surface area (Å²) in [7, 11) is 0. The number of fused-ring (bicyclic) bond motifs is 2. The molecule has 6 heteroatoms. The number of hydrogen-bond acceptors (Lipinski definition) is 4. The number of anilines is 1. The predicted molar refractivity (Wildman–Crippen MR) is 103 cm³/mol. The van der Waals surface area contributed by atoms with E-state index in [-0.39, 0.29) is 17.1 Å². The Labute approximate surface area is 162 Å². The van der Waals surface area contributed by atoms with E-state index in [9.17, 15) is 9.59 Å². The normalized spacial score (nSPS) is 26.0. The molecule has 4 rings (SSSR count). The Morgan fingerprint density at radius 1 is 1.18 bits per heavy atom. The van der Waals surface area contributed by atoms with Crippen LogP contribution < -0.4 is 4.90 Å². The molecule has 1 aromatic rings. The molecule has 1 saturated carbocycles. The molecule has 0 amide bonds. The van der Waals surface area contributed by atoms with E-state index in [0.29, 0.717) is 12.0 Å². The topological polar surface area (TPSA) is 102 Å². The first-order chi connectivity index (χ1) is 13.5. The molecule has 0 spiro atoms. The molecule has 0 radical (unpaired) electrons. The highest BCUT2D eigenvalue weighted by Crippen LogP contribution is 2.50. The van der Waals surface area contributed by atoms with Gasteiger partial charge in [0.2, 0.25) is 0 Å². The molecular formula is C22H20N2O4. The molecule has 1 fully saturated rings. The van der Waals surface area contributed by atoms with Crippen molar-refractivity contribution in [2.24, 2.45) is 11.8 Å². The predicted octanol–water partition coefficient (Wildman–Crippen LogP) is 3.74. The van der Waals surface area contributed by atoms with Gasteiger partial charge in [0.25, 0.3) is 0 Å². The maximum Gasteiger partial charge on any atom is 0.346 e. The number of carboxylic acid groups (broad SMARTS) is 2. The molecule has 28 heavy (non-hydrogen) atoms. The number of allylic oxidation sites excluding steroid dienone is 3. The number of nitrogens with zero attached hydrogens (tertiary/aromatic N) is 2. The maximum atomic E-state index is 11.2. The average molecular weight is 376 g/mol. The molecule has 1 aliphatic heterocycles. The van der Waals surface area contributed by atoms with E-state index in [1.807, 2.05) is 24.3 Å². The van der Waals surface area contributed by atoms with Crippen molar-refractivity contribution in [2.75, 3.05) is 4.90 Å². The van der Waals surface area contributed by atoms with Gasteiger partial charge in [-0.1, -0.05) is 18.6 Å². The highest BCUT2D eigenvalue weighted by atomic mass is 16.4. The van der Waals surface area contributed by atoms with Gasteiger partial charge >= 0.3 is 11.9 Å². The molecule has 0 bridgehead atoms. The monoisotopic (exact) mass is 376 g/mol. The van der Waals surface area contributed by atoms with Crippen LogP contribution in [0.15, 0.2) is 59.3 Å². The van der Waals surface area contributed by atoms with E-state index >= 15 is 0 Å². The summed E-state index contributed by atoms with van der Waals surface area (Å²) in [6.07, 6.45) is 9.55. The van der Waals surface area contributed by atoms with E-state index in [1.165, 1.54) is 11.6 Å². The number of carboxylic acids is 2. The highest BCUT2D eigenvalue weighted by molar-refractivity contribution is 5.91. The van der Waals surface area contributed by atoms with Crippen molar-refractivity contribution in [3.8, 4) is 6.07 Å². The summed E-state index contributed by atoms with van der Waals surface area (Å²) >= 11 is 0. The minimum atomic E-state index is -1.19. The zero-order valence-electron chi connectivity index (χ0n) is 15.2. The fraction of sp³-hybridized carbons (Fsp3) is 0.318. The van der Waals surface area contributed by atoms with Crippen molar-refractivity contribution < 1.29 is 19.8 Å². The molecule has 3 unspecified atom stereocenters. The first-order valence-electron chi connectivity index (χ1n) is 9.38. The highest BCUT2D eigenvalue weighted by Gasteiger charge is 2.44. The molecule has 3 atom stereocenters. The third kappa shape index (κ3) is 2.99. The van der Waals surface area contributed by atoms with Crippen molar-refractivity contribution in [2.45, 2.75) is 31.7 Å². The molecule has 0 saturated heterocycles. The van der Waals surface area contributed by atoms with Crippen molar-refractivity contribution in [3.63, 3.8) is 0 Å². The Kier molecular flexibility index (Phi) is 4.52. The molecule has 6 nitrogen and oxygen atoms in total. The van der Waals surface area contributed by atoms with Crippen LogP contribution >= 0.6 is 0 Å². The minimum absolute atomic E-state index is 0.0971. The van der Waals surface area contributed by atoms with Gasteiger partial charge in [-0.2, -0.15) is 5.26 Å². The number of carbonyl (C=O) groups is 2. The lowest BCUT2D eigenvalue weighted by Gasteiger charge is -2.29. The quantitative estimate of drug-likeness (QED) is 0.613. The van der Waals surface area contributed by atoms with Crippen molar-refractivity contribution in [3.05, 3.63) is 64.9 Å². The molecule has 2 aliphatic carbocycles. The van der Waals surface area contributed by atoms with Gasteiger partial charge in [-0.25, -0.2) is 9.59 Å². The summed E-state index contributed by atoms with van der Waals surface area (Å²) in [5, 5.41) is 27.3. The second kappa shape index (κ2) is 7.01. The van der Waals surface area contributed by atoms with Crippen molar-refractivity contribution in [1.82, 2.24) is 0 Å². The lowest BCUT2D eigenvalue weighted by Crippen LogP contribution is -2.30. The van der Waals surface area contributed by atoms with E-state index in [1.54, 1.807) is 18.2 Å². The van der Waals surface area contributed by atoms with Gasteiger partial charge in [0.15, 0.2) is 0 Å². The van der Waals surface area contributed by atoms with Gasteiger partial charge in [-0.05, 0) is 55.2 Å². The van der Waals surface area contributed by atoms with E-state index in [2.05, 4.69) is 4.90 Å². The number of benzene rings is 1. The Hall–Kier alpha value is -3.33. The summed E-state index contributed by atoms with van der Waals surface area (Å²) < 4.78 is 0. The molecule has 1 aromatic carbocycles. The third-order valence-electron chi connectivity index (χ3n) is 5.93. The lowest BCUT2D eigenvalue weighted by molar-refractivity contribution is -0.132. The van der Waals surface area contributed by atoms with Crippen molar-refractivity contribution >= 4 is 17.6 Å². The summed E-state index contributed by atoms with van der Waals surface area (Å²) in [6, 6.07) is 9.07. The van der Waals surface area contributed by atoms with Crippen LogP contribution in [0, 0.1) is 23.2 Å². The van der Waals surface area contributed by atoms with Crippen LogP contribution in [0.4, 0.5) is 5.69 Å². The van der Waals surface area contributed by atoms with E-state index in [0.717, 1.165) is 37.1 Å². The molecule has 1 heterocycles. The first kappa shape index (κ1) is 18.1. The smallest absolute Gasteiger partial charge is 0.346 e. The van der Waals surface area contributed by atoms with Gasteiger partial charge in [-0.15, -0.1) is 0 Å². The van der Waals surface area contributed by atoms with Gasteiger partial charge in [-0.3, -0.25) is 0 Å². The second-order valence-electron chi connectivity index (χ2n) is 7.46. The maximum absolute atomic E-state index is 11.2. The standard InChI is InChI=1S/C22H20N2O4/c23-12-15(22(27)28)10-13-4-9-20-18(11-13)17-2-1-3-19(17)24(20)16-7-5-14(6-8-16)21(25)26/h4-10,13,17,19H,1-3,11H2,(H,25,26)(H,27,28)/b15-10+. The lowest BCUT2D eigenvalue weighted by atomic mass is 9.85. The Morgan fingerprint density at radius 3 is 2.57 bits per heavy atom. The number of hydrogen-bond donors (Lipinski definition) is 2. The summed E-state index contributed by atoms with van der Waals surface area (Å²) in [5.41, 5.74) is 3.48.